The summed E-state index contributed by atoms with van der Waals surface area (Å²) in [6, 6.07) is 0. The Morgan fingerprint density at radius 1 is 0.812 bits per heavy atom. The average Bonchev–Trinajstić information content (AvgIpc) is 2.71. The third kappa shape index (κ3) is 2.77. The maximum absolute atomic E-state index is 12.6. The predicted molar refractivity (Wildman–Crippen MR) is 131 cm³/mol. The van der Waals surface area contributed by atoms with Gasteiger partial charge >= 0.3 is 0 Å². The number of carbonyl (C=O) groups is 1. The van der Waals surface area contributed by atoms with Gasteiger partial charge in [0.05, 0.1) is 6.10 Å². The second-order valence-corrected chi connectivity index (χ2v) is 15.0. The van der Waals surface area contributed by atoms with E-state index < -0.39 is 0 Å². The van der Waals surface area contributed by atoms with Crippen molar-refractivity contribution in [1.82, 2.24) is 0 Å². The summed E-state index contributed by atoms with van der Waals surface area (Å²) >= 11 is 0. The first-order chi connectivity index (χ1) is 14.8. The quantitative estimate of drug-likeness (QED) is 0.342. The fraction of sp³-hybridized carbons (Fsp3) is 0.900. The molecular formula is C30H48O2. The van der Waals surface area contributed by atoms with Crippen LogP contribution in [0, 0.1) is 50.2 Å². The number of hydrogen-bond acceptors (Lipinski definition) is 2. The summed E-state index contributed by atoms with van der Waals surface area (Å²) in [4.78, 5) is 12.6. The van der Waals surface area contributed by atoms with E-state index in [9.17, 15) is 9.90 Å². The Kier molecular flexibility index (Phi) is 4.87. The molecule has 0 aromatic heterocycles. The minimum Gasteiger partial charge on any atom is -0.393 e. The van der Waals surface area contributed by atoms with Gasteiger partial charge in [0.1, 0.15) is 6.29 Å². The Labute approximate surface area is 197 Å². The summed E-state index contributed by atoms with van der Waals surface area (Å²) in [6.45, 7) is 17.2. The average molecular weight is 441 g/mol. The summed E-state index contributed by atoms with van der Waals surface area (Å²) in [5.74, 6) is 1.79. The van der Waals surface area contributed by atoms with Crippen molar-refractivity contribution in [1.29, 1.82) is 0 Å². The Morgan fingerprint density at radius 2 is 1.44 bits per heavy atom. The zero-order valence-corrected chi connectivity index (χ0v) is 21.9. The van der Waals surface area contributed by atoms with Gasteiger partial charge in [0, 0.05) is 5.41 Å². The van der Waals surface area contributed by atoms with Crippen LogP contribution in [0.3, 0.4) is 0 Å². The SMILES string of the molecule is CC1(C)CC[C@]2(C=O)CC=C3[C@]4(C)CC[C@@H]5C(C)(C)[C@@H](O)CC[C@]5(C)[C@H]4CC[C@@]3(C)[C@@H]2C1. The Bertz CT molecular complexity index is 838. The van der Waals surface area contributed by atoms with Gasteiger partial charge in [-0.2, -0.15) is 0 Å². The molecule has 4 fully saturated rings. The zero-order valence-electron chi connectivity index (χ0n) is 21.9. The number of aliphatic hydroxyl groups excluding tert-OH is 1. The molecule has 2 heteroatoms. The fourth-order valence-corrected chi connectivity index (χ4v) is 10.8. The highest BCUT2D eigenvalue weighted by molar-refractivity contribution is 5.63. The first-order valence-electron chi connectivity index (χ1n) is 13.6. The molecule has 5 rings (SSSR count). The molecule has 0 saturated heterocycles. The molecule has 0 bridgehead atoms. The van der Waals surface area contributed by atoms with Crippen molar-refractivity contribution in [2.45, 2.75) is 119 Å². The number of aldehydes is 1. The van der Waals surface area contributed by atoms with Crippen LogP contribution < -0.4 is 0 Å². The molecule has 0 spiro atoms. The Morgan fingerprint density at radius 3 is 2.09 bits per heavy atom. The molecule has 0 unspecified atom stereocenters. The molecule has 2 nitrogen and oxygen atoms in total. The van der Waals surface area contributed by atoms with Crippen molar-refractivity contribution in [3.05, 3.63) is 11.6 Å². The highest BCUT2D eigenvalue weighted by atomic mass is 16.3. The van der Waals surface area contributed by atoms with E-state index >= 15 is 0 Å². The van der Waals surface area contributed by atoms with Crippen LogP contribution in [0.25, 0.3) is 0 Å². The molecule has 0 aliphatic heterocycles. The van der Waals surface area contributed by atoms with Gasteiger partial charge in [-0.3, -0.25) is 0 Å². The first-order valence-corrected chi connectivity index (χ1v) is 13.6. The summed E-state index contributed by atoms with van der Waals surface area (Å²) in [5, 5.41) is 10.9. The van der Waals surface area contributed by atoms with Crippen LogP contribution >= 0.6 is 0 Å². The van der Waals surface area contributed by atoms with Gasteiger partial charge in [0.15, 0.2) is 0 Å². The third-order valence-electron chi connectivity index (χ3n) is 12.6. The van der Waals surface area contributed by atoms with Gasteiger partial charge in [-0.25, -0.2) is 0 Å². The van der Waals surface area contributed by atoms with Crippen LogP contribution in [0.15, 0.2) is 11.6 Å². The van der Waals surface area contributed by atoms with E-state index in [1.807, 2.05) is 0 Å². The Balaban J connectivity index is 1.57. The molecule has 0 radical (unpaired) electrons. The van der Waals surface area contributed by atoms with Gasteiger partial charge in [-0.1, -0.05) is 60.1 Å². The minimum absolute atomic E-state index is 0.0100. The smallest absolute Gasteiger partial charge is 0.126 e. The second-order valence-electron chi connectivity index (χ2n) is 15.0. The van der Waals surface area contributed by atoms with Crippen molar-refractivity contribution in [2.24, 2.45) is 50.2 Å². The van der Waals surface area contributed by atoms with Gasteiger partial charge in [0.25, 0.3) is 0 Å². The molecule has 0 aromatic carbocycles. The number of aliphatic hydroxyl groups is 1. The molecule has 5 aliphatic rings. The number of rotatable bonds is 1. The normalized spacial score (nSPS) is 53.7. The molecule has 8 atom stereocenters. The van der Waals surface area contributed by atoms with Crippen LogP contribution in [0.1, 0.15) is 113 Å². The van der Waals surface area contributed by atoms with Gasteiger partial charge < -0.3 is 9.90 Å². The molecule has 5 aliphatic carbocycles. The van der Waals surface area contributed by atoms with Crippen LogP contribution in [0.5, 0.6) is 0 Å². The molecular weight excluding hydrogens is 392 g/mol. The minimum atomic E-state index is -0.162. The first kappa shape index (κ1) is 23.1. The molecule has 0 heterocycles. The van der Waals surface area contributed by atoms with E-state index in [2.05, 4.69) is 54.5 Å². The van der Waals surface area contributed by atoms with Crippen LogP contribution in [-0.4, -0.2) is 17.5 Å². The van der Waals surface area contributed by atoms with E-state index in [1.165, 1.54) is 51.2 Å². The molecule has 0 aromatic rings. The monoisotopic (exact) mass is 440 g/mol. The standard InChI is InChI=1S/C30H48O2/c1-25(2)16-17-30(19-31)15-10-22-28(6)12-8-20-26(3,4)24(32)11-14-27(20,5)21(28)9-13-29(22,7)23(30)18-25/h10,19-21,23-24,32H,8-9,11-18H2,1-7H3/t20-,21-,23+,24+,27+,28-,29-,30+/m1/s1. The topological polar surface area (TPSA) is 37.3 Å². The fourth-order valence-electron chi connectivity index (χ4n) is 10.8. The lowest BCUT2D eigenvalue weighted by molar-refractivity contribution is -0.184. The number of hydrogen-bond donors (Lipinski definition) is 1. The van der Waals surface area contributed by atoms with Crippen molar-refractivity contribution in [3.8, 4) is 0 Å². The van der Waals surface area contributed by atoms with Gasteiger partial charge in [0.2, 0.25) is 0 Å². The second kappa shape index (κ2) is 6.73. The summed E-state index contributed by atoms with van der Waals surface area (Å²) in [7, 11) is 0. The van der Waals surface area contributed by atoms with E-state index in [0.717, 1.165) is 19.3 Å². The summed E-state index contributed by atoms with van der Waals surface area (Å²) < 4.78 is 0. The van der Waals surface area contributed by atoms with E-state index in [4.69, 9.17) is 0 Å². The molecule has 32 heavy (non-hydrogen) atoms. The molecule has 1 N–H and O–H groups in total. The van der Waals surface area contributed by atoms with Crippen molar-refractivity contribution >= 4 is 6.29 Å². The molecule has 4 saturated carbocycles. The Hall–Kier alpha value is -0.630. The number of fused-ring (bicyclic) bond motifs is 7. The van der Waals surface area contributed by atoms with Crippen molar-refractivity contribution in [3.63, 3.8) is 0 Å². The largest absolute Gasteiger partial charge is 0.393 e. The predicted octanol–water partition coefficient (Wildman–Crippen LogP) is 7.35. The van der Waals surface area contributed by atoms with Gasteiger partial charge in [-0.05, 0) is 109 Å². The van der Waals surface area contributed by atoms with E-state index in [1.54, 1.807) is 5.57 Å². The summed E-state index contributed by atoms with van der Waals surface area (Å²) in [6.07, 6.45) is 15.3. The van der Waals surface area contributed by atoms with Crippen molar-refractivity contribution in [2.75, 3.05) is 0 Å². The van der Waals surface area contributed by atoms with Crippen LogP contribution in [0.2, 0.25) is 0 Å². The highest BCUT2D eigenvalue weighted by Crippen LogP contribution is 2.74. The summed E-state index contributed by atoms with van der Waals surface area (Å²) in [5.41, 5.74) is 2.66. The van der Waals surface area contributed by atoms with Crippen LogP contribution in [-0.2, 0) is 4.79 Å². The number of carbonyl (C=O) groups excluding carboxylic acids is 1. The zero-order chi connectivity index (χ0) is 23.4. The van der Waals surface area contributed by atoms with Crippen molar-refractivity contribution < 1.29 is 9.90 Å². The molecule has 180 valence electrons. The third-order valence-corrected chi connectivity index (χ3v) is 12.6. The van der Waals surface area contributed by atoms with Crippen LogP contribution in [0.4, 0.5) is 0 Å². The molecule has 0 amide bonds. The lowest BCUT2D eigenvalue weighted by atomic mass is 9.34. The van der Waals surface area contributed by atoms with E-state index in [-0.39, 0.29) is 27.8 Å². The van der Waals surface area contributed by atoms with E-state index in [0.29, 0.717) is 28.6 Å². The maximum Gasteiger partial charge on any atom is 0.126 e. The number of allylic oxidation sites excluding steroid dienone is 2. The highest BCUT2D eigenvalue weighted by Gasteiger charge is 2.67. The maximum atomic E-state index is 12.6. The lowest BCUT2D eigenvalue weighted by Gasteiger charge is -2.70. The van der Waals surface area contributed by atoms with Gasteiger partial charge in [-0.15, -0.1) is 0 Å². The lowest BCUT2D eigenvalue weighted by Crippen LogP contribution is -2.63.